The molecule has 0 bridgehead atoms. The molecule has 0 spiro atoms. The highest BCUT2D eigenvalue weighted by Gasteiger charge is 2.01. The van der Waals surface area contributed by atoms with E-state index in [1.807, 2.05) is 18.2 Å². The number of carboxylic acid groups (broad SMARTS) is 1. The normalized spacial score (nSPS) is 11.5. The number of hydrogen-bond donors (Lipinski definition) is 1. The molecule has 1 aromatic carbocycles. The molecular weight excluding hydrogens is 312 g/mol. The summed E-state index contributed by atoms with van der Waals surface area (Å²) < 4.78 is 1.83. The minimum Gasteiger partial charge on any atom is -0.478 e. The van der Waals surface area contributed by atoms with Gasteiger partial charge < -0.3 is 5.11 Å². The summed E-state index contributed by atoms with van der Waals surface area (Å²) in [7, 11) is 0. The number of aliphatic carboxylic acids is 1. The van der Waals surface area contributed by atoms with Crippen LogP contribution in [0.4, 0.5) is 0 Å². The van der Waals surface area contributed by atoms with Crippen LogP contribution in [0.15, 0.2) is 33.2 Å². The van der Waals surface area contributed by atoms with Gasteiger partial charge in [-0.2, -0.15) is 0 Å². The SMILES string of the molecule is C/C(=C/C(=O)O)c1cc(Br)cc(Br)c1. The molecular formula is C10H8Br2O2. The maximum Gasteiger partial charge on any atom is 0.328 e. The molecule has 4 heteroatoms. The Kier molecular flexibility index (Phi) is 3.89. The molecule has 0 aliphatic carbocycles. The van der Waals surface area contributed by atoms with Crippen LogP contribution in [0.2, 0.25) is 0 Å². The Bertz CT molecular complexity index is 377. The van der Waals surface area contributed by atoms with Gasteiger partial charge in [0.1, 0.15) is 0 Å². The van der Waals surface area contributed by atoms with E-state index in [0.717, 1.165) is 20.1 Å². The van der Waals surface area contributed by atoms with Crippen LogP contribution < -0.4 is 0 Å². The lowest BCUT2D eigenvalue weighted by atomic mass is 10.1. The smallest absolute Gasteiger partial charge is 0.328 e. The van der Waals surface area contributed by atoms with Crippen molar-refractivity contribution >= 4 is 43.4 Å². The number of carbonyl (C=O) groups is 1. The zero-order valence-electron chi connectivity index (χ0n) is 7.42. The summed E-state index contributed by atoms with van der Waals surface area (Å²) in [4.78, 5) is 10.5. The van der Waals surface area contributed by atoms with Crippen molar-refractivity contribution in [2.24, 2.45) is 0 Å². The van der Waals surface area contributed by atoms with E-state index in [2.05, 4.69) is 31.9 Å². The van der Waals surface area contributed by atoms with Crippen LogP contribution in [0.1, 0.15) is 12.5 Å². The molecule has 0 aliphatic heterocycles. The quantitative estimate of drug-likeness (QED) is 0.844. The van der Waals surface area contributed by atoms with Gasteiger partial charge in [0.05, 0.1) is 0 Å². The molecule has 0 aromatic heterocycles. The Hall–Kier alpha value is -0.610. The maximum atomic E-state index is 10.5. The van der Waals surface area contributed by atoms with Crippen LogP contribution >= 0.6 is 31.9 Å². The first kappa shape index (κ1) is 11.5. The fourth-order valence-electron chi connectivity index (χ4n) is 1.05. The monoisotopic (exact) mass is 318 g/mol. The van der Waals surface area contributed by atoms with Crippen molar-refractivity contribution in [1.29, 1.82) is 0 Å². The fraction of sp³-hybridized carbons (Fsp3) is 0.100. The van der Waals surface area contributed by atoms with E-state index in [9.17, 15) is 4.79 Å². The van der Waals surface area contributed by atoms with Crippen molar-refractivity contribution in [3.05, 3.63) is 38.8 Å². The van der Waals surface area contributed by atoms with Crippen molar-refractivity contribution in [3.8, 4) is 0 Å². The van der Waals surface area contributed by atoms with Gasteiger partial charge >= 0.3 is 5.97 Å². The fourth-order valence-corrected chi connectivity index (χ4v) is 2.34. The third-order valence-corrected chi connectivity index (χ3v) is 2.57. The van der Waals surface area contributed by atoms with E-state index in [0.29, 0.717) is 0 Å². The van der Waals surface area contributed by atoms with Crippen molar-refractivity contribution in [3.63, 3.8) is 0 Å². The molecule has 0 radical (unpaired) electrons. The second-order valence-electron chi connectivity index (χ2n) is 2.82. The van der Waals surface area contributed by atoms with E-state index in [1.54, 1.807) is 6.92 Å². The Labute approximate surface area is 98.9 Å². The summed E-state index contributed by atoms with van der Waals surface area (Å²) in [6, 6.07) is 5.65. The van der Waals surface area contributed by atoms with Gasteiger partial charge in [-0.25, -0.2) is 4.79 Å². The minimum atomic E-state index is -0.932. The number of rotatable bonds is 2. The molecule has 1 aromatic rings. The van der Waals surface area contributed by atoms with E-state index in [1.165, 1.54) is 6.08 Å². The zero-order chi connectivity index (χ0) is 10.7. The topological polar surface area (TPSA) is 37.3 Å². The Morgan fingerprint density at radius 3 is 2.21 bits per heavy atom. The highest BCUT2D eigenvalue weighted by Crippen LogP contribution is 2.24. The molecule has 0 unspecified atom stereocenters. The Balaban J connectivity index is 3.13. The summed E-state index contributed by atoms with van der Waals surface area (Å²) >= 11 is 6.69. The lowest BCUT2D eigenvalue weighted by Crippen LogP contribution is -1.90. The van der Waals surface area contributed by atoms with Crippen LogP contribution in [0.5, 0.6) is 0 Å². The molecule has 0 saturated heterocycles. The largest absolute Gasteiger partial charge is 0.478 e. The second kappa shape index (κ2) is 4.75. The summed E-state index contributed by atoms with van der Waals surface area (Å²) in [5.74, 6) is -0.932. The lowest BCUT2D eigenvalue weighted by molar-refractivity contribution is -0.131. The Morgan fingerprint density at radius 2 is 1.79 bits per heavy atom. The summed E-state index contributed by atoms with van der Waals surface area (Å²) in [5.41, 5.74) is 1.60. The number of allylic oxidation sites excluding steroid dienone is 1. The van der Waals surface area contributed by atoms with Gasteiger partial charge in [0, 0.05) is 15.0 Å². The number of carboxylic acids is 1. The van der Waals surface area contributed by atoms with E-state index in [-0.39, 0.29) is 0 Å². The molecule has 0 aliphatic rings. The molecule has 2 nitrogen and oxygen atoms in total. The predicted octanol–water partition coefficient (Wildman–Crippen LogP) is 3.70. The van der Waals surface area contributed by atoms with Crippen molar-refractivity contribution in [2.75, 3.05) is 0 Å². The van der Waals surface area contributed by atoms with E-state index >= 15 is 0 Å². The minimum absolute atomic E-state index is 0.722. The molecule has 1 rings (SSSR count). The van der Waals surface area contributed by atoms with Gasteiger partial charge in [-0.05, 0) is 36.3 Å². The van der Waals surface area contributed by atoms with Gasteiger partial charge in [-0.3, -0.25) is 0 Å². The first-order valence-electron chi connectivity index (χ1n) is 3.87. The van der Waals surface area contributed by atoms with Crippen molar-refractivity contribution in [2.45, 2.75) is 6.92 Å². The molecule has 0 heterocycles. The molecule has 0 atom stereocenters. The van der Waals surface area contributed by atoms with Crippen LogP contribution in [0.25, 0.3) is 5.57 Å². The first-order valence-corrected chi connectivity index (χ1v) is 5.45. The predicted molar refractivity (Wildman–Crippen MR) is 63.1 cm³/mol. The highest BCUT2D eigenvalue weighted by molar-refractivity contribution is 9.11. The first-order chi connectivity index (χ1) is 6.49. The maximum absolute atomic E-state index is 10.5. The third kappa shape index (κ3) is 3.27. The van der Waals surface area contributed by atoms with Crippen LogP contribution in [-0.4, -0.2) is 11.1 Å². The molecule has 14 heavy (non-hydrogen) atoms. The summed E-state index contributed by atoms with van der Waals surface area (Å²) in [5, 5.41) is 8.58. The van der Waals surface area contributed by atoms with Gasteiger partial charge in [0.25, 0.3) is 0 Å². The van der Waals surface area contributed by atoms with Crippen LogP contribution in [-0.2, 0) is 4.79 Å². The molecule has 0 fully saturated rings. The number of benzene rings is 1. The molecule has 0 saturated carbocycles. The van der Waals surface area contributed by atoms with Crippen molar-refractivity contribution < 1.29 is 9.90 Å². The van der Waals surface area contributed by atoms with Crippen molar-refractivity contribution in [1.82, 2.24) is 0 Å². The number of hydrogen-bond acceptors (Lipinski definition) is 1. The lowest BCUT2D eigenvalue weighted by Gasteiger charge is -2.02. The van der Waals surface area contributed by atoms with Gasteiger partial charge in [-0.1, -0.05) is 31.9 Å². The average Bonchev–Trinajstić information content (AvgIpc) is 2.00. The van der Waals surface area contributed by atoms with Gasteiger partial charge in [-0.15, -0.1) is 0 Å². The van der Waals surface area contributed by atoms with Gasteiger partial charge in [0.15, 0.2) is 0 Å². The molecule has 0 amide bonds. The van der Waals surface area contributed by atoms with Gasteiger partial charge in [0.2, 0.25) is 0 Å². The standard InChI is InChI=1S/C10H8Br2O2/c1-6(2-10(13)14)7-3-8(11)5-9(12)4-7/h2-5H,1H3,(H,13,14)/b6-2-. The molecule has 1 N–H and O–H groups in total. The zero-order valence-corrected chi connectivity index (χ0v) is 10.6. The third-order valence-electron chi connectivity index (χ3n) is 1.66. The summed E-state index contributed by atoms with van der Waals surface area (Å²) in [6.07, 6.45) is 1.19. The highest BCUT2D eigenvalue weighted by atomic mass is 79.9. The average molecular weight is 320 g/mol. The number of halogens is 2. The van der Waals surface area contributed by atoms with Crippen LogP contribution in [0.3, 0.4) is 0 Å². The second-order valence-corrected chi connectivity index (χ2v) is 4.66. The van der Waals surface area contributed by atoms with E-state index in [4.69, 9.17) is 5.11 Å². The van der Waals surface area contributed by atoms with Crippen LogP contribution in [0, 0.1) is 0 Å². The molecule has 74 valence electrons. The van der Waals surface area contributed by atoms with E-state index < -0.39 is 5.97 Å². The Morgan fingerprint density at radius 1 is 1.29 bits per heavy atom. The summed E-state index contributed by atoms with van der Waals surface area (Å²) in [6.45, 7) is 1.77.